The number of Topliss-reactive ketones (excluding diaryl/α,β-unsaturated/α-hetero) is 1. The van der Waals surface area contributed by atoms with Gasteiger partial charge in [-0.05, 0) is 39.8 Å². The molecule has 1 rings (SSSR count). The van der Waals surface area contributed by atoms with Gasteiger partial charge in [0.2, 0.25) is 11.8 Å². The van der Waals surface area contributed by atoms with Gasteiger partial charge in [0.05, 0.1) is 11.4 Å². The van der Waals surface area contributed by atoms with Crippen molar-refractivity contribution in [1.82, 2.24) is 10.6 Å². The molecule has 0 aliphatic heterocycles. The van der Waals surface area contributed by atoms with Gasteiger partial charge in [0.25, 0.3) is 0 Å². The van der Waals surface area contributed by atoms with Crippen LogP contribution in [0.25, 0.3) is 0 Å². The van der Waals surface area contributed by atoms with E-state index in [1.807, 2.05) is 33.8 Å². The van der Waals surface area contributed by atoms with Gasteiger partial charge in [-0.1, -0.05) is 0 Å². The summed E-state index contributed by atoms with van der Waals surface area (Å²) in [7, 11) is 0. The smallest absolute Gasteiger partial charge is 0.239 e. The quantitative estimate of drug-likeness (QED) is 0.790. The highest BCUT2D eigenvalue weighted by Crippen LogP contribution is 2.17. The van der Waals surface area contributed by atoms with Gasteiger partial charge in [-0.3, -0.25) is 14.4 Å². The molecule has 0 saturated carbocycles. The Hall–Kier alpha value is -1.69. The highest BCUT2D eigenvalue weighted by molar-refractivity contribution is 7.14. The van der Waals surface area contributed by atoms with Crippen molar-refractivity contribution >= 4 is 28.9 Å². The van der Waals surface area contributed by atoms with E-state index >= 15 is 0 Å². The number of hydrogen-bond acceptors (Lipinski definition) is 4. The van der Waals surface area contributed by atoms with Crippen molar-refractivity contribution in [1.29, 1.82) is 0 Å². The SMILES string of the molecule is Cc1ccc(C(=O)CCC(=O)NCC(=O)NC(C)(C)C)s1. The lowest BCUT2D eigenvalue weighted by Crippen LogP contribution is -2.45. The highest BCUT2D eigenvalue weighted by atomic mass is 32.1. The molecule has 6 heteroatoms. The van der Waals surface area contributed by atoms with Crippen LogP contribution in [0.1, 0.15) is 48.2 Å². The Morgan fingerprint density at radius 1 is 1.10 bits per heavy atom. The zero-order chi connectivity index (χ0) is 16.0. The Kier molecular flexibility index (Phi) is 6.08. The Bertz CT molecular complexity index is 529. The molecule has 21 heavy (non-hydrogen) atoms. The first-order chi connectivity index (χ1) is 9.67. The largest absolute Gasteiger partial charge is 0.350 e. The third-order valence-electron chi connectivity index (χ3n) is 2.55. The Balaban J connectivity index is 2.28. The number of nitrogens with one attached hydrogen (secondary N) is 2. The molecule has 2 N–H and O–H groups in total. The predicted octanol–water partition coefficient (Wildman–Crippen LogP) is 2.05. The fourth-order valence-electron chi connectivity index (χ4n) is 1.66. The first-order valence-corrected chi connectivity index (χ1v) is 7.66. The Labute approximate surface area is 129 Å². The number of carbonyl (C=O) groups is 3. The lowest BCUT2D eigenvalue weighted by Gasteiger charge is -2.20. The van der Waals surface area contributed by atoms with Gasteiger partial charge in [0.1, 0.15) is 0 Å². The number of rotatable bonds is 6. The zero-order valence-corrected chi connectivity index (χ0v) is 13.7. The molecule has 0 spiro atoms. The van der Waals surface area contributed by atoms with Crippen LogP contribution < -0.4 is 10.6 Å². The van der Waals surface area contributed by atoms with Crippen LogP contribution in [0.2, 0.25) is 0 Å². The third kappa shape index (κ3) is 7.04. The first-order valence-electron chi connectivity index (χ1n) is 6.85. The van der Waals surface area contributed by atoms with E-state index in [0.29, 0.717) is 4.88 Å². The first kappa shape index (κ1) is 17.4. The summed E-state index contributed by atoms with van der Waals surface area (Å²) in [5, 5.41) is 5.27. The van der Waals surface area contributed by atoms with Crippen molar-refractivity contribution in [2.24, 2.45) is 0 Å². The summed E-state index contributed by atoms with van der Waals surface area (Å²) in [5.41, 5.74) is -0.325. The van der Waals surface area contributed by atoms with E-state index in [4.69, 9.17) is 0 Å². The number of amides is 2. The number of hydrogen-bond donors (Lipinski definition) is 2. The van der Waals surface area contributed by atoms with E-state index in [-0.39, 0.29) is 42.5 Å². The molecular weight excluding hydrogens is 288 g/mol. The van der Waals surface area contributed by atoms with Gasteiger partial charge >= 0.3 is 0 Å². The van der Waals surface area contributed by atoms with Gasteiger partial charge in [-0.15, -0.1) is 11.3 Å². The molecule has 0 radical (unpaired) electrons. The van der Waals surface area contributed by atoms with Crippen molar-refractivity contribution in [2.45, 2.75) is 46.1 Å². The lowest BCUT2D eigenvalue weighted by molar-refractivity contribution is -0.126. The second-order valence-electron chi connectivity index (χ2n) is 5.91. The molecule has 0 bridgehead atoms. The van der Waals surface area contributed by atoms with Crippen molar-refractivity contribution in [3.63, 3.8) is 0 Å². The van der Waals surface area contributed by atoms with Crippen LogP contribution in [0.15, 0.2) is 12.1 Å². The fraction of sp³-hybridized carbons (Fsp3) is 0.533. The van der Waals surface area contributed by atoms with Crippen LogP contribution in [-0.4, -0.2) is 29.7 Å². The van der Waals surface area contributed by atoms with Crippen molar-refractivity contribution in [3.8, 4) is 0 Å². The average molecular weight is 310 g/mol. The minimum absolute atomic E-state index is 0.0395. The molecule has 0 saturated heterocycles. The van der Waals surface area contributed by atoms with Gasteiger partial charge in [0, 0.05) is 23.3 Å². The van der Waals surface area contributed by atoms with E-state index in [2.05, 4.69) is 10.6 Å². The topological polar surface area (TPSA) is 75.3 Å². The second-order valence-corrected chi connectivity index (χ2v) is 7.20. The standard InChI is InChI=1S/C15H22N2O3S/c1-10-5-7-12(21-10)11(18)6-8-13(19)16-9-14(20)17-15(2,3)4/h5,7H,6,8-9H2,1-4H3,(H,16,19)(H,17,20). The van der Waals surface area contributed by atoms with Crippen LogP contribution in [0, 0.1) is 6.92 Å². The van der Waals surface area contributed by atoms with Gasteiger partial charge in [-0.2, -0.15) is 0 Å². The normalized spacial score (nSPS) is 11.0. The van der Waals surface area contributed by atoms with Gasteiger partial charge < -0.3 is 10.6 Å². The van der Waals surface area contributed by atoms with E-state index in [1.165, 1.54) is 11.3 Å². The summed E-state index contributed by atoms with van der Waals surface area (Å²) < 4.78 is 0. The molecule has 0 aliphatic carbocycles. The molecule has 1 aromatic rings. The number of thiophene rings is 1. The minimum atomic E-state index is -0.325. The highest BCUT2D eigenvalue weighted by Gasteiger charge is 2.15. The van der Waals surface area contributed by atoms with Gasteiger partial charge in [0.15, 0.2) is 5.78 Å². The van der Waals surface area contributed by atoms with Crippen LogP contribution in [0.5, 0.6) is 0 Å². The van der Waals surface area contributed by atoms with Crippen LogP contribution in [0.4, 0.5) is 0 Å². The lowest BCUT2D eigenvalue weighted by atomic mass is 10.1. The molecule has 116 valence electrons. The average Bonchev–Trinajstić information content (AvgIpc) is 2.78. The minimum Gasteiger partial charge on any atom is -0.350 e. The number of aryl methyl sites for hydroxylation is 1. The number of ketones is 1. The predicted molar refractivity (Wildman–Crippen MR) is 83.5 cm³/mol. The van der Waals surface area contributed by atoms with Crippen LogP contribution >= 0.6 is 11.3 Å². The summed E-state index contributed by atoms with van der Waals surface area (Å²) in [6, 6.07) is 3.66. The molecule has 0 unspecified atom stereocenters. The summed E-state index contributed by atoms with van der Waals surface area (Å²) in [6.45, 7) is 7.47. The van der Waals surface area contributed by atoms with E-state index in [9.17, 15) is 14.4 Å². The molecular formula is C15H22N2O3S. The Morgan fingerprint density at radius 3 is 2.29 bits per heavy atom. The monoisotopic (exact) mass is 310 g/mol. The summed E-state index contributed by atoms with van der Waals surface area (Å²) >= 11 is 1.43. The van der Waals surface area contributed by atoms with Crippen molar-refractivity contribution in [3.05, 3.63) is 21.9 Å². The van der Waals surface area contributed by atoms with Gasteiger partial charge in [-0.25, -0.2) is 0 Å². The molecule has 1 heterocycles. The third-order valence-corrected chi connectivity index (χ3v) is 3.60. The maximum atomic E-state index is 11.8. The molecule has 2 amide bonds. The van der Waals surface area contributed by atoms with E-state index < -0.39 is 0 Å². The Morgan fingerprint density at radius 2 is 1.76 bits per heavy atom. The molecule has 5 nitrogen and oxygen atoms in total. The fourth-order valence-corrected chi connectivity index (χ4v) is 2.50. The maximum Gasteiger partial charge on any atom is 0.239 e. The molecule has 0 fully saturated rings. The molecule has 0 aromatic carbocycles. The maximum absolute atomic E-state index is 11.8. The zero-order valence-electron chi connectivity index (χ0n) is 12.9. The summed E-state index contributed by atoms with van der Waals surface area (Å²) in [6.07, 6.45) is 0.255. The van der Waals surface area contributed by atoms with E-state index in [0.717, 1.165) is 4.88 Å². The van der Waals surface area contributed by atoms with Crippen molar-refractivity contribution < 1.29 is 14.4 Å². The van der Waals surface area contributed by atoms with E-state index in [1.54, 1.807) is 6.07 Å². The summed E-state index contributed by atoms with van der Waals surface area (Å²) in [5.74, 6) is -0.570. The molecule has 1 aromatic heterocycles. The van der Waals surface area contributed by atoms with Crippen molar-refractivity contribution in [2.75, 3.05) is 6.54 Å². The summed E-state index contributed by atoms with van der Waals surface area (Å²) in [4.78, 5) is 36.7. The van der Waals surface area contributed by atoms with Crippen LogP contribution in [-0.2, 0) is 9.59 Å². The number of carbonyl (C=O) groups excluding carboxylic acids is 3. The second kappa shape index (κ2) is 7.36. The van der Waals surface area contributed by atoms with Crippen LogP contribution in [0.3, 0.4) is 0 Å². The molecule has 0 aliphatic rings. The molecule has 0 atom stereocenters.